The van der Waals surface area contributed by atoms with Crippen molar-refractivity contribution in [3.8, 4) is 11.5 Å². The summed E-state index contributed by atoms with van der Waals surface area (Å²) in [7, 11) is 1.52. The maximum atomic E-state index is 11.9. The molecule has 2 rings (SSSR count). The van der Waals surface area contributed by atoms with Crippen molar-refractivity contribution in [2.45, 2.75) is 6.92 Å². The topological polar surface area (TPSA) is 70.9 Å². The Kier molecular flexibility index (Phi) is 4.56. The van der Waals surface area contributed by atoms with Crippen LogP contribution in [-0.2, 0) is 0 Å². The predicted octanol–water partition coefficient (Wildman–Crippen LogP) is 2.55. The Morgan fingerprint density at radius 2 is 1.90 bits per heavy atom. The van der Waals surface area contributed by atoms with Crippen molar-refractivity contribution in [2.75, 3.05) is 7.11 Å². The summed E-state index contributed by atoms with van der Waals surface area (Å²) in [6.07, 6.45) is 0. The minimum absolute atomic E-state index is 0.0459. The van der Waals surface area contributed by atoms with Crippen molar-refractivity contribution < 1.29 is 14.6 Å². The van der Waals surface area contributed by atoms with Gasteiger partial charge in [-0.15, -0.1) is 0 Å². The number of nitrogens with one attached hydrogen (secondary N) is 1. The van der Waals surface area contributed by atoms with Crippen LogP contribution in [0.2, 0.25) is 0 Å². The van der Waals surface area contributed by atoms with Gasteiger partial charge in [-0.3, -0.25) is 4.79 Å². The van der Waals surface area contributed by atoms with E-state index in [4.69, 9.17) is 4.74 Å². The maximum Gasteiger partial charge on any atom is 0.271 e. The fourth-order valence-corrected chi connectivity index (χ4v) is 1.79. The van der Waals surface area contributed by atoms with E-state index in [1.165, 1.54) is 13.2 Å². The van der Waals surface area contributed by atoms with E-state index >= 15 is 0 Å². The number of carbonyl (C=O) groups excluding carboxylic acids is 1. The second kappa shape index (κ2) is 6.56. The Morgan fingerprint density at radius 1 is 1.19 bits per heavy atom. The lowest BCUT2D eigenvalue weighted by atomic mass is 10.1. The SMILES string of the molecule is COc1ccc(/C(C)=N/NC(=O)c2ccccc2)c(O)c1. The van der Waals surface area contributed by atoms with Crippen LogP contribution in [0.5, 0.6) is 11.5 Å². The molecular formula is C16H16N2O3. The molecule has 0 bridgehead atoms. The molecule has 0 radical (unpaired) electrons. The minimum Gasteiger partial charge on any atom is -0.507 e. The molecule has 2 N–H and O–H groups in total. The van der Waals surface area contributed by atoms with Gasteiger partial charge in [-0.25, -0.2) is 5.43 Å². The maximum absolute atomic E-state index is 11.9. The smallest absolute Gasteiger partial charge is 0.271 e. The molecule has 5 nitrogen and oxygen atoms in total. The molecule has 2 aromatic rings. The number of aromatic hydroxyl groups is 1. The highest BCUT2D eigenvalue weighted by Gasteiger charge is 2.08. The number of rotatable bonds is 4. The highest BCUT2D eigenvalue weighted by molar-refractivity contribution is 6.02. The molecule has 0 aliphatic carbocycles. The number of nitrogens with zero attached hydrogens (tertiary/aromatic N) is 1. The quantitative estimate of drug-likeness (QED) is 0.669. The molecule has 0 aliphatic heterocycles. The Hall–Kier alpha value is -2.82. The number of hydrogen-bond donors (Lipinski definition) is 2. The first-order chi connectivity index (χ1) is 10.1. The van der Waals surface area contributed by atoms with E-state index in [-0.39, 0.29) is 11.7 Å². The van der Waals surface area contributed by atoms with Gasteiger partial charge in [-0.05, 0) is 31.2 Å². The molecule has 0 saturated carbocycles. The van der Waals surface area contributed by atoms with Gasteiger partial charge in [0.05, 0.1) is 12.8 Å². The molecule has 0 fully saturated rings. The number of ether oxygens (including phenoxy) is 1. The zero-order chi connectivity index (χ0) is 15.2. The molecule has 0 aromatic heterocycles. The summed E-state index contributed by atoms with van der Waals surface area (Å²) in [5.74, 6) is 0.296. The molecule has 0 aliphatic rings. The van der Waals surface area contributed by atoms with Crippen LogP contribution in [0.15, 0.2) is 53.6 Å². The third-order valence-corrected chi connectivity index (χ3v) is 2.96. The van der Waals surface area contributed by atoms with E-state index in [0.717, 1.165) is 0 Å². The van der Waals surface area contributed by atoms with E-state index in [0.29, 0.717) is 22.6 Å². The Morgan fingerprint density at radius 3 is 2.52 bits per heavy atom. The zero-order valence-electron chi connectivity index (χ0n) is 11.8. The first-order valence-electron chi connectivity index (χ1n) is 6.39. The van der Waals surface area contributed by atoms with E-state index in [9.17, 15) is 9.90 Å². The lowest BCUT2D eigenvalue weighted by molar-refractivity contribution is 0.0955. The summed E-state index contributed by atoms with van der Waals surface area (Å²) in [4.78, 5) is 11.9. The molecule has 108 valence electrons. The molecule has 2 aromatic carbocycles. The lowest BCUT2D eigenvalue weighted by Crippen LogP contribution is -2.19. The van der Waals surface area contributed by atoms with E-state index < -0.39 is 0 Å². The van der Waals surface area contributed by atoms with Crippen LogP contribution < -0.4 is 10.2 Å². The second-order valence-electron chi connectivity index (χ2n) is 4.39. The minimum atomic E-state index is -0.303. The molecule has 21 heavy (non-hydrogen) atoms. The fourth-order valence-electron chi connectivity index (χ4n) is 1.79. The van der Waals surface area contributed by atoms with Crippen LogP contribution in [0.4, 0.5) is 0 Å². The number of hydrogen-bond acceptors (Lipinski definition) is 4. The number of amides is 1. The van der Waals surface area contributed by atoms with E-state index in [2.05, 4.69) is 10.5 Å². The highest BCUT2D eigenvalue weighted by Crippen LogP contribution is 2.23. The number of phenols is 1. The second-order valence-corrected chi connectivity index (χ2v) is 4.39. The zero-order valence-corrected chi connectivity index (χ0v) is 11.8. The summed E-state index contributed by atoms with van der Waals surface area (Å²) in [5, 5.41) is 13.9. The molecule has 0 saturated heterocycles. The third-order valence-electron chi connectivity index (χ3n) is 2.96. The van der Waals surface area contributed by atoms with Gasteiger partial charge < -0.3 is 9.84 Å². The van der Waals surface area contributed by atoms with Crippen molar-refractivity contribution in [1.29, 1.82) is 0 Å². The van der Waals surface area contributed by atoms with Gasteiger partial charge in [0.25, 0.3) is 5.91 Å². The highest BCUT2D eigenvalue weighted by atomic mass is 16.5. The monoisotopic (exact) mass is 284 g/mol. The van der Waals surface area contributed by atoms with Crippen LogP contribution in [-0.4, -0.2) is 23.8 Å². The van der Waals surface area contributed by atoms with Crippen LogP contribution >= 0.6 is 0 Å². The van der Waals surface area contributed by atoms with E-state index in [1.54, 1.807) is 43.3 Å². The fraction of sp³-hybridized carbons (Fsp3) is 0.125. The number of methoxy groups -OCH3 is 1. The van der Waals surface area contributed by atoms with Crippen LogP contribution in [0.1, 0.15) is 22.8 Å². The van der Waals surface area contributed by atoms with Crippen molar-refractivity contribution in [2.24, 2.45) is 5.10 Å². The Labute approximate surface area is 122 Å². The summed E-state index contributed by atoms with van der Waals surface area (Å²) >= 11 is 0. The van der Waals surface area contributed by atoms with Gasteiger partial charge in [0.15, 0.2) is 0 Å². The molecule has 0 atom stereocenters. The lowest BCUT2D eigenvalue weighted by Gasteiger charge is -2.07. The number of benzene rings is 2. The van der Waals surface area contributed by atoms with Gasteiger partial charge in [-0.2, -0.15) is 5.10 Å². The van der Waals surface area contributed by atoms with Gasteiger partial charge >= 0.3 is 0 Å². The number of carbonyl (C=O) groups is 1. The first kappa shape index (κ1) is 14.6. The average molecular weight is 284 g/mol. The molecular weight excluding hydrogens is 268 g/mol. The molecule has 0 spiro atoms. The van der Waals surface area contributed by atoms with Gasteiger partial charge in [0, 0.05) is 17.2 Å². The first-order valence-corrected chi connectivity index (χ1v) is 6.39. The van der Waals surface area contributed by atoms with Gasteiger partial charge in [0.2, 0.25) is 0 Å². The number of hydrazone groups is 1. The standard InChI is InChI=1S/C16H16N2O3/c1-11(14-9-8-13(21-2)10-15(14)19)17-18-16(20)12-6-4-3-5-7-12/h3-10,19H,1-2H3,(H,18,20)/b17-11+. The van der Waals surface area contributed by atoms with Crippen LogP contribution in [0, 0.1) is 0 Å². The molecule has 1 amide bonds. The summed E-state index contributed by atoms with van der Waals surface area (Å²) in [5.41, 5.74) is 4.01. The van der Waals surface area contributed by atoms with E-state index in [1.807, 2.05) is 6.07 Å². The predicted molar refractivity (Wildman–Crippen MR) is 80.8 cm³/mol. The summed E-state index contributed by atoms with van der Waals surface area (Å²) in [6, 6.07) is 13.7. The van der Waals surface area contributed by atoms with Crippen LogP contribution in [0.3, 0.4) is 0 Å². The van der Waals surface area contributed by atoms with Crippen molar-refractivity contribution in [3.05, 3.63) is 59.7 Å². The van der Waals surface area contributed by atoms with Gasteiger partial charge in [-0.1, -0.05) is 18.2 Å². The Bertz CT molecular complexity index is 666. The normalized spacial score (nSPS) is 11.0. The van der Waals surface area contributed by atoms with Crippen molar-refractivity contribution >= 4 is 11.6 Å². The average Bonchev–Trinajstić information content (AvgIpc) is 2.52. The summed E-state index contributed by atoms with van der Waals surface area (Å²) in [6.45, 7) is 1.70. The Balaban J connectivity index is 2.13. The molecule has 0 heterocycles. The largest absolute Gasteiger partial charge is 0.507 e. The van der Waals surface area contributed by atoms with Gasteiger partial charge in [0.1, 0.15) is 11.5 Å². The molecule has 5 heteroatoms. The number of phenolic OH excluding ortho intramolecular Hbond substituents is 1. The third kappa shape index (κ3) is 3.60. The van der Waals surface area contributed by atoms with Crippen LogP contribution in [0.25, 0.3) is 0 Å². The van der Waals surface area contributed by atoms with Crippen molar-refractivity contribution in [1.82, 2.24) is 5.43 Å². The summed E-state index contributed by atoms with van der Waals surface area (Å²) < 4.78 is 5.02. The molecule has 0 unspecified atom stereocenters. The van der Waals surface area contributed by atoms with Crippen molar-refractivity contribution in [3.63, 3.8) is 0 Å².